The number of piperazine rings is 1. The van der Waals surface area contributed by atoms with Gasteiger partial charge in [-0.05, 0) is 52.6 Å². The summed E-state index contributed by atoms with van der Waals surface area (Å²) in [5.41, 5.74) is -0.447. The number of likely N-dealkylation sites (tertiary alicyclic amines) is 1. The van der Waals surface area contributed by atoms with E-state index in [-0.39, 0.29) is 12.1 Å². The SMILES string of the molecule is CC(CNC1=NCC2CN(C(=O)OC(C)(C)C)CCN12)CN1CCCCC1. The molecule has 0 radical (unpaired) electrons. The first-order valence-corrected chi connectivity index (χ1v) is 10.6. The van der Waals surface area contributed by atoms with Crippen LogP contribution in [0.4, 0.5) is 4.79 Å². The number of rotatable bonds is 4. The maximum atomic E-state index is 12.3. The van der Waals surface area contributed by atoms with E-state index in [9.17, 15) is 4.79 Å². The third-order valence-corrected chi connectivity index (χ3v) is 5.49. The second-order valence-electron chi connectivity index (χ2n) is 9.29. The van der Waals surface area contributed by atoms with Gasteiger partial charge in [0.15, 0.2) is 5.96 Å². The van der Waals surface area contributed by atoms with Crippen molar-refractivity contribution >= 4 is 12.1 Å². The van der Waals surface area contributed by atoms with Crippen molar-refractivity contribution < 1.29 is 9.53 Å². The molecule has 7 heteroatoms. The molecule has 0 aliphatic carbocycles. The number of guanidine groups is 1. The number of nitrogens with one attached hydrogen (secondary N) is 1. The molecule has 0 aromatic rings. The van der Waals surface area contributed by atoms with Gasteiger partial charge in [-0.1, -0.05) is 13.3 Å². The van der Waals surface area contributed by atoms with E-state index >= 15 is 0 Å². The zero-order valence-corrected chi connectivity index (χ0v) is 17.5. The zero-order valence-electron chi connectivity index (χ0n) is 17.5. The summed E-state index contributed by atoms with van der Waals surface area (Å²) in [7, 11) is 0. The van der Waals surface area contributed by atoms with Crippen LogP contribution in [0.15, 0.2) is 4.99 Å². The van der Waals surface area contributed by atoms with Crippen LogP contribution in [-0.2, 0) is 4.74 Å². The molecule has 2 unspecified atom stereocenters. The van der Waals surface area contributed by atoms with E-state index in [0.29, 0.717) is 19.0 Å². The van der Waals surface area contributed by atoms with Crippen molar-refractivity contribution in [2.75, 3.05) is 52.4 Å². The van der Waals surface area contributed by atoms with E-state index in [1.807, 2.05) is 25.7 Å². The van der Waals surface area contributed by atoms with Gasteiger partial charge in [-0.2, -0.15) is 0 Å². The molecule has 0 spiro atoms. The number of carbonyl (C=O) groups is 1. The van der Waals surface area contributed by atoms with Crippen LogP contribution in [0.1, 0.15) is 47.0 Å². The average molecular weight is 380 g/mol. The van der Waals surface area contributed by atoms with Crippen molar-refractivity contribution in [3.05, 3.63) is 0 Å². The molecular weight excluding hydrogens is 342 g/mol. The summed E-state index contributed by atoms with van der Waals surface area (Å²) in [5.74, 6) is 1.61. The molecular formula is C20H37N5O2. The van der Waals surface area contributed by atoms with Crippen molar-refractivity contribution in [3.63, 3.8) is 0 Å². The van der Waals surface area contributed by atoms with Crippen LogP contribution in [-0.4, -0.2) is 90.8 Å². The predicted octanol–water partition coefficient (Wildman–Crippen LogP) is 1.99. The van der Waals surface area contributed by atoms with Gasteiger partial charge in [-0.15, -0.1) is 0 Å². The molecule has 1 N–H and O–H groups in total. The van der Waals surface area contributed by atoms with Crippen LogP contribution in [0, 0.1) is 5.92 Å². The van der Waals surface area contributed by atoms with Gasteiger partial charge in [0, 0.05) is 32.7 Å². The highest BCUT2D eigenvalue weighted by atomic mass is 16.6. The second kappa shape index (κ2) is 8.67. The maximum Gasteiger partial charge on any atom is 0.410 e. The molecule has 2 saturated heterocycles. The van der Waals surface area contributed by atoms with Crippen LogP contribution in [0.3, 0.4) is 0 Å². The molecule has 1 amide bonds. The summed E-state index contributed by atoms with van der Waals surface area (Å²) in [6, 6.07) is 0.270. The molecule has 0 aromatic heterocycles. The average Bonchev–Trinajstić information content (AvgIpc) is 3.01. The van der Waals surface area contributed by atoms with Crippen molar-refractivity contribution in [3.8, 4) is 0 Å². The number of nitrogens with zero attached hydrogens (tertiary/aromatic N) is 4. The Morgan fingerprint density at radius 2 is 1.96 bits per heavy atom. The summed E-state index contributed by atoms with van der Waals surface area (Å²) in [6.07, 6.45) is 3.86. The Hall–Kier alpha value is -1.50. The summed E-state index contributed by atoms with van der Waals surface area (Å²) < 4.78 is 5.51. The van der Waals surface area contributed by atoms with Crippen molar-refractivity contribution in [1.29, 1.82) is 0 Å². The van der Waals surface area contributed by atoms with Gasteiger partial charge < -0.3 is 24.8 Å². The summed E-state index contributed by atoms with van der Waals surface area (Å²) in [5, 5.41) is 3.57. The third-order valence-electron chi connectivity index (χ3n) is 5.49. The Balaban J connectivity index is 1.41. The monoisotopic (exact) mass is 379 g/mol. The van der Waals surface area contributed by atoms with E-state index in [0.717, 1.165) is 32.1 Å². The first kappa shape index (κ1) is 20.2. The van der Waals surface area contributed by atoms with Gasteiger partial charge in [-0.25, -0.2) is 4.79 Å². The Morgan fingerprint density at radius 1 is 1.22 bits per heavy atom. The van der Waals surface area contributed by atoms with Crippen LogP contribution in [0.25, 0.3) is 0 Å². The maximum absolute atomic E-state index is 12.3. The predicted molar refractivity (Wildman–Crippen MR) is 108 cm³/mol. The van der Waals surface area contributed by atoms with Gasteiger partial charge in [0.05, 0.1) is 12.6 Å². The lowest BCUT2D eigenvalue weighted by Gasteiger charge is -2.39. The number of hydrogen-bond acceptors (Lipinski definition) is 6. The Morgan fingerprint density at radius 3 is 2.67 bits per heavy atom. The summed E-state index contributed by atoms with van der Waals surface area (Å²) >= 11 is 0. The molecule has 0 bridgehead atoms. The van der Waals surface area contributed by atoms with E-state index in [2.05, 4.69) is 22.0 Å². The fourth-order valence-corrected chi connectivity index (χ4v) is 4.14. The lowest BCUT2D eigenvalue weighted by Crippen LogP contribution is -2.57. The molecule has 2 atom stereocenters. The topological polar surface area (TPSA) is 60.4 Å². The van der Waals surface area contributed by atoms with Crippen molar-refractivity contribution in [2.24, 2.45) is 10.9 Å². The number of piperidine rings is 1. The highest BCUT2D eigenvalue weighted by Gasteiger charge is 2.36. The molecule has 3 heterocycles. The number of fused-ring (bicyclic) bond motifs is 1. The zero-order chi connectivity index (χ0) is 19.4. The molecule has 0 saturated carbocycles. The van der Waals surface area contributed by atoms with Crippen LogP contribution in [0.2, 0.25) is 0 Å². The molecule has 3 rings (SSSR count). The third kappa shape index (κ3) is 5.74. The quantitative estimate of drug-likeness (QED) is 0.809. The molecule has 3 aliphatic rings. The summed E-state index contributed by atoms with van der Waals surface area (Å²) in [4.78, 5) is 23.8. The molecule has 2 fully saturated rings. The van der Waals surface area contributed by atoms with Gasteiger partial charge >= 0.3 is 6.09 Å². The first-order chi connectivity index (χ1) is 12.8. The number of ether oxygens (including phenoxy) is 1. The van der Waals surface area contributed by atoms with Gasteiger partial charge in [-0.3, -0.25) is 4.99 Å². The largest absolute Gasteiger partial charge is 0.444 e. The molecule has 154 valence electrons. The highest BCUT2D eigenvalue weighted by molar-refractivity contribution is 5.82. The number of amides is 1. The van der Waals surface area contributed by atoms with Crippen LogP contribution in [0.5, 0.6) is 0 Å². The van der Waals surface area contributed by atoms with Gasteiger partial charge in [0.25, 0.3) is 0 Å². The van der Waals surface area contributed by atoms with E-state index < -0.39 is 5.60 Å². The Bertz CT molecular complexity index is 539. The minimum atomic E-state index is -0.447. The Kier molecular flexibility index (Phi) is 6.50. The molecule has 7 nitrogen and oxygen atoms in total. The van der Waals surface area contributed by atoms with Gasteiger partial charge in [0.2, 0.25) is 0 Å². The van der Waals surface area contributed by atoms with Crippen LogP contribution >= 0.6 is 0 Å². The fourth-order valence-electron chi connectivity index (χ4n) is 4.14. The lowest BCUT2D eigenvalue weighted by atomic mass is 10.1. The minimum Gasteiger partial charge on any atom is -0.444 e. The second-order valence-corrected chi connectivity index (χ2v) is 9.29. The highest BCUT2D eigenvalue weighted by Crippen LogP contribution is 2.19. The first-order valence-electron chi connectivity index (χ1n) is 10.6. The minimum absolute atomic E-state index is 0.210. The van der Waals surface area contributed by atoms with E-state index in [1.54, 1.807) is 0 Å². The van der Waals surface area contributed by atoms with E-state index in [1.165, 1.54) is 32.4 Å². The molecule has 0 aromatic carbocycles. The Labute approximate surface area is 164 Å². The fraction of sp³-hybridized carbons (Fsp3) is 0.900. The van der Waals surface area contributed by atoms with Gasteiger partial charge in [0.1, 0.15) is 5.60 Å². The molecule has 27 heavy (non-hydrogen) atoms. The van der Waals surface area contributed by atoms with E-state index in [4.69, 9.17) is 9.73 Å². The summed E-state index contributed by atoms with van der Waals surface area (Å²) in [6.45, 7) is 15.6. The number of carbonyl (C=O) groups excluding carboxylic acids is 1. The normalized spacial score (nSPS) is 25.0. The number of aliphatic imine (C=N–C) groups is 1. The van der Waals surface area contributed by atoms with Crippen LogP contribution < -0.4 is 5.32 Å². The van der Waals surface area contributed by atoms with Crippen molar-refractivity contribution in [2.45, 2.75) is 58.6 Å². The molecule has 3 aliphatic heterocycles. The number of hydrogen-bond donors (Lipinski definition) is 1. The smallest absolute Gasteiger partial charge is 0.410 e. The lowest BCUT2D eigenvalue weighted by molar-refractivity contribution is 0.0137. The van der Waals surface area contributed by atoms with Crippen molar-refractivity contribution in [1.82, 2.24) is 20.0 Å². The standard InChI is InChI=1S/C20H37N5O2/c1-16(14-23-8-6-5-7-9-23)12-21-18-22-13-17-15-24(10-11-25(17)18)19(26)27-20(2,3)4/h16-17H,5-15H2,1-4H3,(H,21,22).